The fourth-order valence-corrected chi connectivity index (χ4v) is 2.90. The van der Waals surface area contributed by atoms with Crippen LogP contribution in [-0.2, 0) is 4.79 Å². The van der Waals surface area contributed by atoms with E-state index >= 15 is 0 Å². The molecule has 1 saturated carbocycles. The first-order chi connectivity index (χ1) is 6.20. The van der Waals surface area contributed by atoms with Gasteiger partial charge in [-0.05, 0) is 46.7 Å². The van der Waals surface area contributed by atoms with Crippen molar-refractivity contribution >= 4 is 40.0 Å². The number of rotatable bonds is 1. The van der Waals surface area contributed by atoms with E-state index in [0.29, 0.717) is 12.2 Å². The standard InChI is InChI=1S/C10H8ClIO/c11-7-2-1-3-8(12)10(7)6-4-5-9(6)13/h1-3,6H,4-5H2. The summed E-state index contributed by atoms with van der Waals surface area (Å²) in [4.78, 5) is 11.3. The van der Waals surface area contributed by atoms with Gasteiger partial charge < -0.3 is 0 Å². The highest BCUT2D eigenvalue weighted by atomic mass is 127. The molecular weight excluding hydrogens is 298 g/mol. The second kappa shape index (κ2) is 3.58. The molecule has 1 nitrogen and oxygen atoms in total. The van der Waals surface area contributed by atoms with Gasteiger partial charge in [-0.15, -0.1) is 0 Å². The number of halogens is 2. The highest BCUT2D eigenvalue weighted by Gasteiger charge is 2.32. The molecule has 0 spiro atoms. The smallest absolute Gasteiger partial charge is 0.140 e. The summed E-state index contributed by atoms with van der Waals surface area (Å²) in [6.45, 7) is 0. The van der Waals surface area contributed by atoms with Crippen molar-refractivity contribution in [2.45, 2.75) is 18.8 Å². The Labute approximate surface area is 95.6 Å². The number of ketones is 1. The van der Waals surface area contributed by atoms with Crippen molar-refractivity contribution in [1.29, 1.82) is 0 Å². The Kier molecular flexibility index (Phi) is 2.60. The van der Waals surface area contributed by atoms with E-state index in [2.05, 4.69) is 22.6 Å². The first-order valence-electron chi connectivity index (χ1n) is 4.17. The molecule has 0 aliphatic heterocycles. The van der Waals surface area contributed by atoms with E-state index < -0.39 is 0 Å². The number of hydrogen-bond donors (Lipinski definition) is 0. The summed E-state index contributed by atoms with van der Waals surface area (Å²) < 4.78 is 1.10. The van der Waals surface area contributed by atoms with Crippen LogP contribution in [0, 0.1) is 3.57 Å². The molecule has 1 atom stereocenters. The van der Waals surface area contributed by atoms with Crippen LogP contribution in [-0.4, -0.2) is 5.78 Å². The third-order valence-electron chi connectivity index (χ3n) is 2.42. The van der Waals surface area contributed by atoms with Crippen molar-refractivity contribution < 1.29 is 4.79 Å². The third-order valence-corrected chi connectivity index (χ3v) is 3.69. The maximum atomic E-state index is 11.3. The zero-order valence-corrected chi connectivity index (χ0v) is 9.80. The molecule has 0 aromatic heterocycles. The minimum atomic E-state index is 0.0700. The van der Waals surface area contributed by atoms with Crippen molar-refractivity contribution in [2.24, 2.45) is 0 Å². The SMILES string of the molecule is O=C1CCC1c1c(Cl)cccc1I. The van der Waals surface area contributed by atoms with Crippen molar-refractivity contribution in [3.05, 3.63) is 32.4 Å². The summed E-state index contributed by atoms with van der Waals surface area (Å²) in [5.41, 5.74) is 1.03. The molecule has 1 aliphatic carbocycles. The first-order valence-corrected chi connectivity index (χ1v) is 5.62. The molecule has 1 aromatic carbocycles. The van der Waals surface area contributed by atoms with Gasteiger partial charge in [0.05, 0.1) is 0 Å². The van der Waals surface area contributed by atoms with Gasteiger partial charge in [-0.25, -0.2) is 0 Å². The first kappa shape index (κ1) is 9.46. The van der Waals surface area contributed by atoms with Gasteiger partial charge in [0.25, 0.3) is 0 Å². The van der Waals surface area contributed by atoms with E-state index in [0.717, 1.165) is 20.6 Å². The third kappa shape index (κ3) is 1.62. The number of carbonyl (C=O) groups excluding carboxylic acids is 1. The van der Waals surface area contributed by atoms with Crippen LogP contribution in [0.4, 0.5) is 0 Å². The molecule has 0 amide bonds. The van der Waals surface area contributed by atoms with Gasteiger partial charge in [0, 0.05) is 20.9 Å². The molecule has 13 heavy (non-hydrogen) atoms. The Morgan fingerprint density at radius 1 is 1.46 bits per heavy atom. The molecule has 3 heteroatoms. The number of benzene rings is 1. The molecular formula is C10H8ClIO. The van der Waals surface area contributed by atoms with Crippen LogP contribution in [0.15, 0.2) is 18.2 Å². The molecule has 68 valence electrons. The van der Waals surface area contributed by atoms with Crippen LogP contribution < -0.4 is 0 Å². The molecule has 1 aliphatic rings. The van der Waals surface area contributed by atoms with Crippen LogP contribution >= 0.6 is 34.2 Å². The summed E-state index contributed by atoms with van der Waals surface area (Å²) in [6.07, 6.45) is 1.67. The van der Waals surface area contributed by atoms with Crippen molar-refractivity contribution in [1.82, 2.24) is 0 Å². The van der Waals surface area contributed by atoms with E-state index in [1.807, 2.05) is 18.2 Å². The largest absolute Gasteiger partial charge is 0.299 e. The summed E-state index contributed by atoms with van der Waals surface area (Å²) in [5, 5.41) is 0.727. The molecule has 1 aromatic rings. The predicted octanol–water partition coefficient (Wildman–Crippen LogP) is 3.39. The molecule has 0 N–H and O–H groups in total. The van der Waals surface area contributed by atoms with Crippen LogP contribution in [0.5, 0.6) is 0 Å². The molecule has 1 fully saturated rings. The van der Waals surface area contributed by atoms with Crippen LogP contribution in [0.25, 0.3) is 0 Å². The van der Waals surface area contributed by atoms with Gasteiger partial charge in [-0.2, -0.15) is 0 Å². The minimum absolute atomic E-state index is 0.0700. The normalized spacial score (nSPS) is 21.4. The van der Waals surface area contributed by atoms with Gasteiger partial charge in [-0.1, -0.05) is 17.7 Å². The topological polar surface area (TPSA) is 17.1 Å². The highest BCUT2D eigenvalue weighted by molar-refractivity contribution is 14.1. The van der Waals surface area contributed by atoms with Crippen molar-refractivity contribution in [3.63, 3.8) is 0 Å². The Morgan fingerprint density at radius 3 is 2.69 bits per heavy atom. The summed E-state index contributed by atoms with van der Waals surface area (Å²) in [7, 11) is 0. The Balaban J connectivity index is 2.44. The van der Waals surface area contributed by atoms with Gasteiger partial charge in [0.2, 0.25) is 0 Å². The Hall–Kier alpha value is -0.0900. The number of carbonyl (C=O) groups is 1. The van der Waals surface area contributed by atoms with Crippen LogP contribution in [0.2, 0.25) is 5.02 Å². The van der Waals surface area contributed by atoms with Gasteiger partial charge >= 0.3 is 0 Å². The zero-order valence-electron chi connectivity index (χ0n) is 6.89. The maximum absolute atomic E-state index is 11.3. The van der Waals surface area contributed by atoms with E-state index in [-0.39, 0.29) is 5.92 Å². The van der Waals surface area contributed by atoms with Crippen LogP contribution in [0.1, 0.15) is 24.3 Å². The lowest BCUT2D eigenvalue weighted by Gasteiger charge is -2.26. The number of hydrogen-bond acceptors (Lipinski definition) is 1. The fourth-order valence-electron chi connectivity index (χ4n) is 1.56. The van der Waals surface area contributed by atoms with Crippen molar-refractivity contribution in [3.8, 4) is 0 Å². The molecule has 0 bridgehead atoms. The minimum Gasteiger partial charge on any atom is -0.299 e. The molecule has 1 unspecified atom stereocenters. The van der Waals surface area contributed by atoms with Crippen LogP contribution in [0.3, 0.4) is 0 Å². The predicted molar refractivity (Wildman–Crippen MR) is 61.2 cm³/mol. The average molecular weight is 307 g/mol. The lowest BCUT2D eigenvalue weighted by Crippen LogP contribution is -2.24. The summed E-state index contributed by atoms with van der Waals surface area (Å²) in [6, 6.07) is 5.76. The Morgan fingerprint density at radius 2 is 2.23 bits per heavy atom. The maximum Gasteiger partial charge on any atom is 0.140 e. The molecule has 0 saturated heterocycles. The second-order valence-electron chi connectivity index (χ2n) is 3.19. The van der Waals surface area contributed by atoms with Gasteiger partial charge in [0.1, 0.15) is 5.78 Å². The van der Waals surface area contributed by atoms with E-state index in [9.17, 15) is 4.79 Å². The Bertz CT molecular complexity index is 342. The second-order valence-corrected chi connectivity index (χ2v) is 4.76. The van der Waals surface area contributed by atoms with Crippen molar-refractivity contribution in [2.75, 3.05) is 0 Å². The quantitative estimate of drug-likeness (QED) is 0.727. The molecule has 0 radical (unpaired) electrons. The fraction of sp³-hybridized carbons (Fsp3) is 0.300. The monoisotopic (exact) mass is 306 g/mol. The lowest BCUT2D eigenvalue weighted by atomic mass is 9.79. The highest BCUT2D eigenvalue weighted by Crippen LogP contribution is 2.39. The van der Waals surface area contributed by atoms with Gasteiger partial charge in [-0.3, -0.25) is 4.79 Å². The summed E-state index contributed by atoms with van der Waals surface area (Å²) >= 11 is 8.28. The van der Waals surface area contributed by atoms with E-state index in [4.69, 9.17) is 11.6 Å². The van der Waals surface area contributed by atoms with E-state index in [1.54, 1.807) is 0 Å². The van der Waals surface area contributed by atoms with E-state index in [1.165, 1.54) is 0 Å². The molecule has 0 heterocycles. The average Bonchev–Trinajstić information content (AvgIpc) is 2.09. The molecule has 2 rings (SSSR count). The summed E-state index contributed by atoms with van der Waals surface area (Å²) in [5.74, 6) is 0.395. The zero-order chi connectivity index (χ0) is 9.42. The van der Waals surface area contributed by atoms with Gasteiger partial charge in [0.15, 0.2) is 0 Å². The lowest BCUT2D eigenvalue weighted by molar-refractivity contribution is -0.125. The number of Topliss-reactive ketones (excluding diaryl/α,β-unsaturated/α-hetero) is 1.